The summed E-state index contributed by atoms with van der Waals surface area (Å²) >= 11 is 0. The van der Waals surface area contributed by atoms with Crippen molar-refractivity contribution >= 4 is 17.3 Å². The van der Waals surface area contributed by atoms with Gasteiger partial charge in [0.15, 0.2) is 0 Å². The molecule has 1 aromatic carbocycles. The maximum Gasteiger partial charge on any atom is 0.292 e. The average Bonchev–Trinajstić information content (AvgIpc) is 2.36. The van der Waals surface area contributed by atoms with Crippen LogP contribution in [-0.2, 0) is 4.79 Å². The average molecular weight is 248 g/mol. The molecule has 0 unspecified atom stereocenters. The molecule has 0 aliphatic heterocycles. The van der Waals surface area contributed by atoms with Crippen LogP contribution in [0.15, 0.2) is 24.3 Å². The van der Waals surface area contributed by atoms with Gasteiger partial charge in [-0.1, -0.05) is 12.1 Å². The van der Waals surface area contributed by atoms with Crippen LogP contribution in [0.5, 0.6) is 0 Å². The molecule has 0 aliphatic carbocycles. The molecular weight excluding hydrogens is 236 g/mol. The Morgan fingerprint density at radius 3 is 2.83 bits per heavy atom. The zero-order valence-electron chi connectivity index (χ0n) is 9.79. The first-order valence-electron chi connectivity index (χ1n) is 5.14. The number of benzene rings is 1. The first kappa shape index (κ1) is 13.4. The number of rotatable bonds is 5. The molecule has 7 heteroatoms. The minimum atomic E-state index is -0.522. The van der Waals surface area contributed by atoms with Gasteiger partial charge in [-0.2, -0.15) is 5.26 Å². The van der Waals surface area contributed by atoms with Crippen LogP contribution < -0.4 is 5.32 Å². The molecule has 0 heterocycles. The number of nitro groups is 1. The highest BCUT2D eigenvalue weighted by Crippen LogP contribution is 2.22. The van der Waals surface area contributed by atoms with Crippen LogP contribution in [0.2, 0.25) is 0 Å². The van der Waals surface area contributed by atoms with E-state index in [-0.39, 0.29) is 30.4 Å². The van der Waals surface area contributed by atoms with Gasteiger partial charge in [0.2, 0.25) is 5.91 Å². The van der Waals surface area contributed by atoms with Crippen LogP contribution >= 0.6 is 0 Å². The van der Waals surface area contributed by atoms with Crippen LogP contribution in [0, 0.1) is 21.4 Å². The van der Waals surface area contributed by atoms with Crippen molar-refractivity contribution in [3.63, 3.8) is 0 Å². The third-order valence-electron chi connectivity index (χ3n) is 2.26. The van der Waals surface area contributed by atoms with Crippen molar-refractivity contribution in [1.29, 1.82) is 5.26 Å². The minimum absolute atomic E-state index is 0.0165. The first-order valence-corrected chi connectivity index (χ1v) is 5.14. The van der Waals surface area contributed by atoms with Crippen molar-refractivity contribution < 1.29 is 9.72 Å². The van der Waals surface area contributed by atoms with Crippen molar-refractivity contribution in [2.24, 2.45) is 0 Å². The van der Waals surface area contributed by atoms with Gasteiger partial charge < -0.3 is 10.2 Å². The molecule has 0 bridgehead atoms. The molecule has 0 saturated heterocycles. The van der Waals surface area contributed by atoms with E-state index in [1.54, 1.807) is 12.1 Å². The van der Waals surface area contributed by atoms with Gasteiger partial charge in [-0.15, -0.1) is 0 Å². The highest BCUT2D eigenvalue weighted by Gasteiger charge is 2.14. The predicted molar refractivity (Wildman–Crippen MR) is 64.8 cm³/mol. The van der Waals surface area contributed by atoms with E-state index in [0.29, 0.717) is 0 Å². The number of nitrogens with one attached hydrogen (secondary N) is 1. The summed E-state index contributed by atoms with van der Waals surface area (Å²) in [6, 6.07) is 7.91. The molecule has 0 aliphatic rings. The summed E-state index contributed by atoms with van der Waals surface area (Å²) in [5, 5.41) is 21.9. The van der Waals surface area contributed by atoms with E-state index < -0.39 is 4.92 Å². The molecule has 18 heavy (non-hydrogen) atoms. The number of nitrogens with zero attached hydrogens (tertiary/aromatic N) is 3. The lowest BCUT2D eigenvalue weighted by Crippen LogP contribution is -2.32. The SMILES string of the molecule is CN(CC#N)C(=O)CNc1ccccc1[N+](=O)[O-]. The fraction of sp³-hybridized carbons (Fsp3) is 0.273. The van der Waals surface area contributed by atoms with Crippen LogP contribution in [0.4, 0.5) is 11.4 Å². The van der Waals surface area contributed by atoms with E-state index in [1.165, 1.54) is 24.1 Å². The molecule has 0 spiro atoms. The normalized spacial score (nSPS) is 9.33. The topological polar surface area (TPSA) is 99.3 Å². The number of nitro benzene ring substituents is 1. The van der Waals surface area contributed by atoms with Crippen molar-refractivity contribution in [3.8, 4) is 6.07 Å². The van der Waals surface area contributed by atoms with Gasteiger partial charge in [0.25, 0.3) is 5.69 Å². The molecule has 1 N–H and O–H groups in total. The number of para-hydroxylation sites is 2. The van der Waals surface area contributed by atoms with Crippen molar-refractivity contribution in [1.82, 2.24) is 4.90 Å². The van der Waals surface area contributed by atoms with Crippen LogP contribution in [0.1, 0.15) is 0 Å². The second kappa shape index (κ2) is 6.20. The fourth-order valence-corrected chi connectivity index (χ4v) is 1.28. The Kier molecular flexibility index (Phi) is 4.63. The van der Waals surface area contributed by atoms with E-state index in [0.717, 1.165) is 0 Å². The highest BCUT2D eigenvalue weighted by molar-refractivity contribution is 5.81. The molecule has 1 amide bonds. The molecule has 0 saturated carbocycles. The Balaban J connectivity index is 2.67. The number of nitriles is 1. The number of hydrogen-bond donors (Lipinski definition) is 1. The number of carbonyl (C=O) groups excluding carboxylic acids is 1. The van der Waals surface area contributed by atoms with Crippen molar-refractivity contribution in [3.05, 3.63) is 34.4 Å². The number of likely N-dealkylation sites (N-methyl/N-ethyl adjacent to an activating group) is 1. The Labute approximate surface area is 104 Å². The molecule has 94 valence electrons. The van der Waals surface area contributed by atoms with E-state index in [1.807, 2.05) is 6.07 Å². The zero-order chi connectivity index (χ0) is 13.5. The minimum Gasteiger partial charge on any atom is -0.371 e. The van der Waals surface area contributed by atoms with Crippen molar-refractivity contribution in [2.75, 3.05) is 25.5 Å². The standard InChI is InChI=1S/C11H12N4O3/c1-14(7-6-12)11(16)8-13-9-4-2-3-5-10(9)15(17)18/h2-5,13H,7-8H2,1H3. The molecule has 0 aromatic heterocycles. The summed E-state index contributed by atoms with van der Waals surface area (Å²) in [5.74, 6) is -0.310. The number of amides is 1. The molecule has 0 atom stereocenters. The van der Waals surface area contributed by atoms with Gasteiger partial charge >= 0.3 is 0 Å². The fourth-order valence-electron chi connectivity index (χ4n) is 1.28. The van der Waals surface area contributed by atoms with Gasteiger partial charge in [-0.3, -0.25) is 14.9 Å². The summed E-state index contributed by atoms with van der Waals surface area (Å²) in [6.45, 7) is -0.111. The maximum atomic E-state index is 11.5. The number of carbonyl (C=O) groups is 1. The molecule has 1 aromatic rings. The third kappa shape index (κ3) is 3.45. The van der Waals surface area contributed by atoms with Crippen LogP contribution in [0.3, 0.4) is 0 Å². The van der Waals surface area contributed by atoms with Gasteiger partial charge in [-0.25, -0.2) is 0 Å². The Hall–Kier alpha value is -2.62. The van der Waals surface area contributed by atoms with Gasteiger partial charge in [-0.05, 0) is 6.07 Å². The summed E-state index contributed by atoms with van der Waals surface area (Å²) in [6.07, 6.45) is 0. The van der Waals surface area contributed by atoms with Crippen molar-refractivity contribution in [2.45, 2.75) is 0 Å². The van der Waals surface area contributed by atoms with E-state index >= 15 is 0 Å². The highest BCUT2D eigenvalue weighted by atomic mass is 16.6. The first-order chi connectivity index (χ1) is 8.56. The lowest BCUT2D eigenvalue weighted by molar-refractivity contribution is -0.383. The lowest BCUT2D eigenvalue weighted by atomic mass is 10.2. The Morgan fingerprint density at radius 2 is 2.22 bits per heavy atom. The Morgan fingerprint density at radius 1 is 1.56 bits per heavy atom. The van der Waals surface area contributed by atoms with Gasteiger partial charge in [0, 0.05) is 13.1 Å². The second-order valence-corrected chi connectivity index (χ2v) is 3.54. The summed E-state index contributed by atoms with van der Waals surface area (Å²) in [7, 11) is 1.49. The molecule has 0 fully saturated rings. The molecule has 0 radical (unpaired) electrons. The molecule has 7 nitrogen and oxygen atoms in total. The second-order valence-electron chi connectivity index (χ2n) is 3.54. The zero-order valence-corrected chi connectivity index (χ0v) is 9.79. The van der Waals surface area contributed by atoms with E-state index in [4.69, 9.17) is 5.26 Å². The van der Waals surface area contributed by atoms with Crippen LogP contribution in [0.25, 0.3) is 0 Å². The largest absolute Gasteiger partial charge is 0.371 e. The van der Waals surface area contributed by atoms with Gasteiger partial charge in [0.05, 0.1) is 17.5 Å². The number of anilines is 1. The summed E-state index contributed by atoms with van der Waals surface area (Å²) in [4.78, 5) is 23.0. The molecular formula is C11H12N4O3. The van der Waals surface area contributed by atoms with Crippen LogP contribution in [-0.4, -0.2) is 35.9 Å². The Bertz CT molecular complexity index is 495. The monoisotopic (exact) mass is 248 g/mol. The number of hydrogen-bond acceptors (Lipinski definition) is 5. The summed E-state index contributed by atoms with van der Waals surface area (Å²) in [5.41, 5.74) is 0.189. The van der Waals surface area contributed by atoms with Gasteiger partial charge in [0.1, 0.15) is 12.2 Å². The molecule has 1 rings (SSSR count). The van der Waals surface area contributed by atoms with E-state index in [2.05, 4.69) is 5.32 Å². The predicted octanol–water partition coefficient (Wildman–Crippen LogP) is 0.989. The maximum absolute atomic E-state index is 11.5. The smallest absolute Gasteiger partial charge is 0.292 e. The van der Waals surface area contributed by atoms with E-state index in [9.17, 15) is 14.9 Å². The third-order valence-corrected chi connectivity index (χ3v) is 2.26. The lowest BCUT2D eigenvalue weighted by Gasteiger charge is -2.13. The summed E-state index contributed by atoms with van der Waals surface area (Å²) < 4.78 is 0. The quantitative estimate of drug-likeness (QED) is 0.476.